The lowest BCUT2D eigenvalue weighted by atomic mass is 10.1. The number of likely N-dealkylation sites (N-methyl/N-ethyl adjacent to an activating group) is 1. The molecule has 5 nitrogen and oxygen atoms in total. The highest BCUT2D eigenvalue weighted by Crippen LogP contribution is 2.22. The Morgan fingerprint density at radius 1 is 1.43 bits per heavy atom. The van der Waals surface area contributed by atoms with Crippen LogP contribution in [0.3, 0.4) is 0 Å². The van der Waals surface area contributed by atoms with Crippen molar-refractivity contribution in [3.05, 3.63) is 29.3 Å². The number of nitrogens with two attached hydrogens (primary N) is 1. The zero-order chi connectivity index (χ0) is 15.4. The molecule has 1 unspecified atom stereocenters. The summed E-state index contributed by atoms with van der Waals surface area (Å²) in [4.78, 5) is 17.1. The number of likely N-dealkylation sites (tertiary alicyclic amines) is 1. The minimum Gasteiger partial charge on any atom is -0.337 e. The van der Waals surface area contributed by atoms with Gasteiger partial charge in [0, 0.05) is 19.1 Å². The van der Waals surface area contributed by atoms with Gasteiger partial charge in [-0.3, -0.25) is 15.5 Å². The first kappa shape index (κ1) is 15.8. The van der Waals surface area contributed by atoms with Crippen molar-refractivity contribution in [3.63, 3.8) is 0 Å². The van der Waals surface area contributed by atoms with Gasteiger partial charge >= 0.3 is 0 Å². The average molecular weight is 290 g/mol. The van der Waals surface area contributed by atoms with Crippen molar-refractivity contribution in [1.82, 2.24) is 9.80 Å². The maximum Gasteiger partial charge on any atom is 0.256 e. The molecule has 0 saturated carbocycles. The molecule has 1 aliphatic rings. The zero-order valence-corrected chi connectivity index (χ0v) is 13.2. The zero-order valence-electron chi connectivity index (χ0n) is 13.2. The van der Waals surface area contributed by atoms with Gasteiger partial charge in [-0.2, -0.15) is 0 Å². The molecule has 1 amide bonds. The Balaban J connectivity index is 2.13. The third-order valence-electron chi connectivity index (χ3n) is 4.34. The lowest BCUT2D eigenvalue weighted by Crippen LogP contribution is -2.38. The van der Waals surface area contributed by atoms with Crippen LogP contribution < -0.4 is 11.3 Å². The summed E-state index contributed by atoms with van der Waals surface area (Å²) in [5, 5.41) is 0. The number of aryl methyl sites for hydroxylation is 1. The molecule has 0 aliphatic carbocycles. The third-order valence-corrected chi connectivity index (χ3v) is 4.34. The van der Waals surface area contributed by atoms with Crippen molar-refractivity contribution in [3.8, 4) is 0 Å². The topological polar surface area (TPSA) is 61.6 Å². The largest absolute Gasteiger partial charge is 0.337 e. The Hall–Kier alpha value is -1.59. The van der Waals surface area contributed by atoms with Crippen molar-refractivity contribution >= 4 is 11.6 Å². The van der Waals surface area contributed by atoms with E-state index in [0.29, 0.717) is 17.3 Å². The number of rotatable bonds is 5. The summed E-state index contributed by atoms with van der Waals surface area (Å²) >= 11 is 0. The van der Waals surface area contributed by atoms with Crippen molar-refractivity contribution in [2.24, 2.45) is 5.84 Å². The van der Waals surface area contributed by atoms with Crippen LogP contribution in [0.15, 0.2) is 18.2 Å². The van der Waals surface area contributed by atoms with E-state index in [1.807, 2.05) is 30.0 Å². The minimum atomic E-state index is 0.0707. The van der Waals surface area contributed by atoms with Gasteiger partial charge in [-0.15, -0.1) is 0 Å². The number of nitrogen functional groups attached to an aromatic ring is 1. The van der Waals surface area contributed by atoms with E-state index in [4.69, 9.17) is 5.84 Å². The van der Waals surface area contributed by atoms with Crippen LogP contribution in [0, 0.1) is 6.92 Å². The third kappa shape index (κ3) is 3.36. The number of hydrogen-bond acceptors (Lipinski definition) is 4. The second kappa shape index (κ2) is 6.91. The summed E-state index contributed by atoms with van der Waals surface area (Å²) in [6.45, 7) is 10.0. The van der Waals surface area contributed by atoms with Crippen LogP contribution in [0.4, 0.5) is 5.69 Å². The molecular weight excluding hydrogens is 264 g/mol. The highest BCUT2D eigenvalue weighted by Gasteiger charge is 2.30. The van der Waals surface area contributed by atoms with Crippen molar-refractivity contribution in [2.75, 3.05) is 31.6 Å². The molecular formula is C16H26N4O. The van der Waals surface area contributed by atoms with E-state index in [0.717, 1.165) is 38.2 Å². The summed E-state index contributed by atoms with van der Waals surface area (Å²) in [7, 11) is 0. The Morgan fingerprint density at radius 3 is 2.76 bits per heavy atom. The van der Waals surface area contributed by atoms with Gasteiger partial charge in [0.2, 0.25) is 0 Å². The fraction of sp³-hybridized carbons (Fsp3) is 0.562. The van der Waals surface area contributed by atoms with E-state index in [2.05, 4.69) is 24.2 Å². The van der Waals surface area contributed by atoms with E-state index in [-0.39, 0.29) is 5.91 Å². The van der Waals surface area contributed by atoms with Crippen LogP contribution in [0.2, 0.25) is 0 Å². The number of hydrogen-bond donors (Lipinski definition) is 2. The summed E-state index contributed by atoms with van der Waals surface area (Å²) in [5.74, 6) is 5.60. The first-order valence-electron chi connectivity index (χ1n) is 7.71. The Morgan fingerprint density at radius 2 is 2.14 bits per heavy atom. The lowest BCUT2D eigenvalue weighted by Gasteiger charge is -2.26. The molecule has 0 radical (unpaired) electrons. The predicted molar refractivity (Wildman–Crippen MR) is 86.2 cm³/mol. The van der Waals surface area contributed by atoms with Gasteiger partial charge in [-0.05, 0) is 38.6 Å². The molecule has 5 heteroatoms. The van der Waals surface area contributed by atoms with Crippen LogP contribution in [0.5, 0.6) is 0 Å². The van der Waals surface area contributed by atoms with Gasteiger partial charge in [0.25, 0.3) is 5.91 Å². The molecule has 0 aromatic heterocycles. The molecule has 1 saturated heterocycles. The molecule has 21 heavy (non-hydrogen) atoms. The molecule has 0 spiro atoms. The lowest BCUT2D eigenvalue weighted by molar-refractivity contribution is 0.0779. The highest BCUT2D eigenvalue weighted by atomic mass is 16.2. The maximum atomic E-state index is 12.7. The van der Waals surface area contributed by atoms with E-state index in [1.165, 1.54) is 0 Å². The van der Waals surface area contributed by atoms with Gasteiger partial charge in [0.05, 0.1) is 11.3 Å². The second-order valence-corrected chi connectivity index (χ2v) is 5.61. The van der Waals surface area contributed by atoms with E-state index in [1.54, 1.807) is 0 Å². The number of benzene rings is 1. The van der Waals surface area contributed by atoms with E-state index in [9.17, 15) is 4.79 Å². The quantitative estimate of drug-likeness (QED) is 0.641. The Kier molecular flexibility index (Phi) is 5.20. The fourth-order valence-corrected chi connectivity index (χ4v) is 3.10. The first-order chi connectivity index (χ1) is 10.1. The highest BCUT2D eigenvalue weighted by molar-refractivity contribution is 6.00. The molecule has 1 atom stereocenters. The standard InChI is InChI=1S/C16H26N4O/c1-4-19(5-2)13-8-9-20(11-13)16(21)14-10-12(3)6-7-15(14)18-17/h6-7,10,13,18H,4-5,8-9,11,17H2,1-3H3. The average Bonchev–Trinajstić information content (AvgIpc) is 2.97. The molecule has 1 aliphatic heterocycles. The van der Waals surface area contributed by atoms with Gasteiger partial charge in [-0.25, -0.2) is 0 Å². The number of amides is 1. The summed E-state index contributed by atoms with van der Waals surface area (Å²) < 4.78 is 0. The van der Waals surface area contributed by atoms with Crippen molar-refractivity contribution in [2.45, 2.75) is 33.2 Å². The van der Waals surface area contributed by atoms with Crippen LogP contribution in [-0.2, 0) is 0 Å². The van der Waals surface area contributed by atoms with E-state index < -0.39 is 0 Å². The van der Waals surface area contributed by atoms with Crippen molar-refractivity contribution < 1.29 is 4.79 Å². The maximum absolute atomic E-state index is 12.7. The Bertz CT molecular complexity index is 499. The first-order valence-corrected chi connectivity index (χ1v) is 7.71. The van der Waals surface area contributed by atoms with Gasteiger partial charge < -0.3 is 10.3 Å². The smallest absolute Gasteiger partial charge is 0.256 e. The molecule has 116 valence electrons. The van der Waals surface area contributed by atoms with Gasteiger partial charge in [0.1, 0.15) is 0 Å². The molecule has 1 heterocycles. The Labute approximate surface area is 127 Å². The van der Waals surface area contributed by atoms with Crippen LogP contribution in [-0.4, -0.2) is 47.9 Å². The molecule has 1 fully saturated rings. The van der Waals surface area contributed by atoms with Crippen LogP contribution in [0.1, 0.15) is 36.2 Å². The molecule has 0 bridgehead atoms. The number of carbonyl (C=O) groups is 1. The summed E-state index contributed by atoms with van der Waals surface area (Å²) in [5.41, 5.74) is 5.05. The summed E-state index contributed by atoms with van der Waals surface area (Å²) in [6.07, 6.45) is 1.05. The number of anilines is 1. The molecule has 1 aromatic carbocycles. The molecule has 1 aromatic rings. The monoisotopic (exact) mass is 290 g/mol. The van der Waals surface area contributed by atoms with Crippen LogP contribution >= 0.6 is 0 Å². The normalized spacial score (nSPS) is 18.3. The number of nitrogens with zero attached hydrogens (tertiary/aromatic N) is 2. The number of nitrogens with one attached hydrogen (secondary N) is 1. The van der Waals surface area contributed by atoms with Crippen molar-refractivity contribution in [1.29, 1.82) is 0 Å². The van der Waals surface area contributed by atoms with Crippen LogP contribution in [0.25, 0.3) is 0 Å². The second-order valence-electron chi connectivity index (χ2n) is 5.61. The molecule has 3 N–H and O–H groups in total. The number of hydrazine groups is 1. The summed E-state index contributed by atoms with van der Waals surface area (Å²) in [6, 6.07) is 6.19. The SMILES string of the molecule is CCN(CC)C1CCN(C(=O)c2cc(C)ccc2NN)C1. The predicted octanol–water partition coefficient (Wildman–Crippen LogP) is 1.84. The van der Waals surface area contributed by atoms with Gasteiger partial charge in [0.15, 0.2) is 0 Å². The van der Waals surface area contributed by atoms with E-state index >= 15 is 0 Å². The molecule has 2 rings (SSSR count). The fourth-order valence-electron chi connectivity index (χ4n) is 3.10. The number of carbonyl (C=O) groups excluding carboxylic acids is 1. The van der Waals surface area contributed by atoms with Gasteiger partial charge in [-0.1, -0.05) is 25.5 Å². The minimum absolute atomic E-state index is 0.0707.